The second kappa shape index (κ2) is 10.6. The predicted molar refractivity (Wildman–Crippen MR) is 130 cm³/mol. The molecule has 2 aliphatic carbocycles. The van der Waals surface area contributed by atoms with Crippen LogP contribution in [0.1, 0.15) is 94.4 Å². The van der Waals surface area contributed by atoms with E-state index in [4.69, 9.17) is 4.43 Å². The Morgan fingerprint density at radius 3 is 1.87 bits per heavy atom. The molecule has 1 fully saturated rings. The molecule has 0 amide bonds. The van der Waals surface area contributed by atoms with Crippen LogP contribution in [0.3, 0.4) is 0 Å². The van der Waals surface area contributed by atoms with Crippen LogP contribution < -0.4 is 0 Å². The predicted octanol–water partition coefficient (Wildman–Crippen LogP) is 6.70. The summed E-state index contributed by atoms with van der Waals surface area (Å²) in [6.45, 7) is 20.4. The van der Waals surface area contributed by atoms with Gasteiger partial charge in [-0.3, -0.25) is 0 Å². The van der Waals surface area contributed by atoms with Crippen molar-refractivity contribution in [3.8, 4) is 0 Å². The first-order chi connectivity index (χ1) is 13.9. The Morgan fingerprint density at radius 1 is 0.900 bits per heavy atom. The van der Waals surface area contributed by atoms with E-state index in [-0.39, 0.29) is 23.9 Å². The van der Waals surface area contributed by atoms with E-state index in [9.17, 15) is 10.2 Å². The summed E-state index contributed by atoms with van der Waals surface area (Å²) in [4.78, 5) is 0. The molecule has 0 unspecified atom stereocenters. The number of hydrogen-bond donors (Lipinski definition) is 2. The Kier molecular flexibility index (Phi) is 9.25. The van der Waals surface area contributed by atoms with E-state index < -0.39 is 20.5 Å². The van der Waals surface area contributed by atoms with Crippen LogP contribution in [-0.2, 0) is 4.43 Å². The molecule has 4 heteroatoms. The number of aliphatic hydroxyl groups is 2. The van der Waals surface area contributed by atoms with E-state index in [2.05, 4.69) is 68.4 Å². The summed E-state index contributed by atoms with van der Waals surface area (Å²) >= 11 is 0. The molecule has 0 aliphatic heterocycles. The maximum Gasteiger partial charge on any atom is 0.200 e. The van der Waals surface area contributed by atoms with Crippen LogP contribution in [-0.4, -0.2) is 36.8 Å². The Labute approximate surface area is 187 Å². The molecule has 2 N–H and O–H groups in total. The van der Waals surface area contributed by atoms with Gasteiger partial charge in [-0.15, -0.1) is 0 Å². The highest BCUT2D eigenvalue weighted by Gasteiger charge is 2.50. The highest BCUT2D eigenvalue weighted by Crippen LogP contribution is 2.47. The molecule has 0 heterocycles. The Morgan fingerprint density at radius 2 is 1.40 bits per heavy atom. The van der Waals surface area contributed by atoms with E-state index in [0.29, 0.717) is 22.5 Å². The normalized spacial score (nSPS) is 33.1. The lowest BCUT2D eigenvalue weighted by Gasteiger charge is -2.48. The lowest BCUT2D eigenvalue weighted by atomic mass is 9.77. The third kappa shape index (κ3) is 5.08. The van der Waals surface area contributed by atoms with E-state index in [0.717, 1.165) is 18.4 Å². The van der Waals surface area contributed by atoms with E-state index in [1.165, 1.54) is 19.3 Å². The summed E-state index contributed by atoms with van der Waals surface area (Å²) < 4.78 is 7.28. The molecular weight excluding hydrogens is 388 g/mol. The molecule has 0 saturated heterocycles. The quantitative estimate of drug-likeness (QED) is 0.343. The Bertz CT molecular complexity index is 543. The topological polar surface area (TPSA) is 49.7 Å². The van der Waals surface area contributed by atoms with Gasteiger partial charge in [-0.2, -0.15) is 0 Å². The molecule has 2 aliphatic rings. The summed E-state index contributed by atoms with van der Waals surface area (Å²) in [5.41, 5.74) is 2.64. The van der Waals surface area contributed by atoms with Crippen molar-refractivity contribution < 1.29 is 14.6 Å². The second-order valence-corrected chi connectivity index (χ2v) is 16.8. The van der Waals surface area contributed by atoms with Crippen LogP contribution in [0.25, 0.3) is 0 Å². The third-order valence-corrected chi connectivity index (χ3v) is 14.6. The van der Waals surface area contributed by atoms with Gasteiger partial charge in [0.15, 0.2) is 0 Å². The molecule has 0 aromatic carbocycles. The minimum Gasteiger partial charge on any atom is -0.412 e. The average molecular weight is 439 g/mol. The molecule has 0 spiro atoms. The third-order valence-electron chi connectivity index (χ3n) is 8.55. The fourth-order valence-electron chi connectivity index (χ4n) is 6.82. The fourth-order valence-corrected chi connectivity index (χ4v) is 12.5. The minimum atomic E-state index is -2.10. The molecule has 0 aromatic rings. The van der Waals surface area contributed by atoms with Crippen LogP contribution in [0.2, 0.25) is 16.6 Å². The minimum absolute atomic E-state index is 0.0394. The van der Waals surface area contributed by atoms with Gasteiger partial charge in [-0.05, 0) is 41.0 Å². The highest BCUT2D eigenvalue weighted by atomic mass is 28.4. The van der Waals surface area contributed by atoms with Crippen LogP contribution >= 0.6 is 0 Å². The number of rotatable bonds is 7. The van der Waals surface area contributed by atoms with Crippen LogP contribution in [0, 0.1) is 23.7 Å². The van der Waals surface area contributed by atoms with Crippen molar-refractivity contribution in [1.82, 2.24) is 0 Å². The molecule has 6 atom stereocenters. The zero-order valence-corrected chi connectivity index (χ0v) is 22.2. The molecule has 0 bridgehead atoms. The molecule has 1 saturated carbocycles. The Balaban J connectivity index is 2.43. The van der Waals surface area contributed by atoms with Gasteiger partial charge < -0.3 is 14.6 Å². The first kappa shape index (κ1) is 26.1. The zero-order chi connectivity index (χ0) is 22.8. The monoisotopic (exact) mass is 438 g/mol. The standard InChI is InChI=1S/C26H50O3Si/c1-16(2)30(17(3)4,18(5)6)29-26-20(8)23(15-19(7)24(27)21(26)9)25(28)22-13-11-10-12-14-22/h15-22,24-28H,10-14H2,1-9H3/t19-,20+,21-,24-,25+,26+/m1/s1. The van der Waals surface area contributed by atoms with Crippen molar-refractivity contribution in [2.75, 3.05) is 0 Å². The summed E-state index contributed by atoms with van der Waals surface area (Å²) in [6.07, 6.45) is 7.28. The highest BCUT2D eigenvalue weighted by molar-refractivity contribution is 6.77. The zero-order valence-electron chi connectivity index (χ0n) is 21.2. The van der Waals surface area contributed by atoms with Gasteiger partial charge >= 0.3 is 0 Å². The smallest absolute Gasteiger partial charge is 0.200 e. The van der Waals surface area contributed by atoms with Gasteiger partial charge in [0, 0.05) is 17.8 Å². The summed E-state index contributed by atoms with van der Waals surface area (Å²) in [5.74, 6) is 0.565. The van der Waals surface area contributed by atoms with Gasteiger partial charge in [-0.1, -0.05) is 87.7 Å². The molecule has 2 rings (SSSR count). The van der Waals surface area contributed by atoms with Crippen molar-refractivity contribution in [1.29, 1.82) is 0 Å². The lowest BCUT2D eigenvalue weighted by Crippen LogP contribution is -2.54. The maximum absolute atomic E-state index is 11.4. The van der Waals surface area contributed by atoms with Crippen molar-refractivity contribution in [3.63, 3.8) is 0 Å². The maximum atomic E-state index is 11.4. The SMILES string of the molecule is CC(C)[Si](O[C@@H]1[C@H](C)[C@H](O)[C@H](C)C=C([C@@H](O)C2CCCCC2)[C@@H]1C)(C(C)C)C(C)C. The fraction of sp³-hybridized carbons (Fsp3) is 0.923. The van der Waals surface area contributed by atoms with Crippen molar-refractivity contribution in [2.24, 2.45) is 23.7 Å². The summed E-state index contributed by atoms with van der Waals surface area (Å²) in [7, 11) is -2.10. The molecule has 0 radical (unpaired) electrons. The average Bonchev–Trinajstić information content (AvgIpc) is 2.77. The van der Waals surface area contributed by atoms with Crippen LogP contribution in [0.4, 0.5) is 0 Å². The first-order valence-electron chi connectivity index (χ1n) is 12.7. The molecular formula is C26H50O3Si. The summed E-state index contributed by atoms with van der Waals surface area (Å²) in [6, 6.07) is 0. The lowest BCUT2D eigenvalue weighted by molar-refractivity contribution is -0.00645. The van der Waals surface area contributed by atoms with E-state index in [1.54, 1.807) is 0 Å². The van der Waals surface area contributed by atoms with E-state index >= 15 is 0 Å². The van der Waals surface area contributed by atoms with Gasteiger partial charge in [0.1, 0.15) is 0 Å². The van der Waals surface area contributed by atoms with Gasteiger partial charge in [0.25, 0.3) is 0 Å². The molecule has 176 valence electrons. The molecule has 0 aromatic heterocycles. The Hall–Kier alpha value is -0.163. The van der Waals surface area contributed by atoms with E-state index in [1.807, 2.05) is 0 Å². The van der Waals surface area contributed by atoms with Gasteiger partial charge in [0.05, 0.1) is 18.3 Å². The van der Waals surface area contributed by atoms with Gasteiger partial charge in [-0.25, -0.2) is 0 Å². The van der Waals surface area contributed by atoms with Gasteiger partial charge in [0.2, 0.25) is 8.32 Å². The number of hydrogen-bond acceptors (Lipinski definition) is 3. The van der Waals surface area contributed by atoms with Crippen molar-refractivity contribution in [3.05, 3.63) is 11.6 Å². The largest absolute Gasteiger partial charge is 0.412 e. The second-order valence-electron chi connectivity index (χ2n) is 11.4. The van der Waals surface area contributed by atoms with Crippen molar-refractivity contribution in [2.45, 2.75) is 129 Å². The van der Waals surface area contributed by atoms with Crippen LogP contribution in [0.15, 0.2) is 11.6 Å². The molecule has 3 nitrogen and oxygen atoms in total. The summed E-state index contributed by atoms with van der Waals surface area (Å²) in [5, 5.41) is 22.6. The number of aliphatic hydroxyl groups excluding tert-OH is 2. The van der Waals surface area contributed by atoms with Crippen LogP contribution in [0.5, 0.6) is 0 Å². The molecule has 30 heavy (non-hydrogen) atoms. The van der Waals surface area contributed by atoms with Crippen molar-refractivity contribution >= 4 is 8.32 Å². The first-order valence-corrected chi connectivity index (χ1v) is 14.8.